The van der Waals surface area contributed by atoms with Gasteiger partial charge in [0.05, 0.1) is 29.9 Å². The number of rotatable bonds is 17. The Labute approximate surface area is 280 Å². The zero-order valence-electron chi connectivity index (χ0n) is 28.0. The standard InChI is InChI=1S/C37H43N3O8/c1-5-9-19-45-24-13-16-27(30(41)21-24)35-38-36(28-17-14-25(22-31(28)42)46-20-10-6-2)40-37(39-35)29-18-15-26(47-33(43)11-7-3)23-32(29)48-34(44)12-8-4/h13-18,21-23,41-42H,5-12,19-20H2,1-4H3. The van der Waals surface area contributed by atoms with E-state index in [-0.39, 0.29) is 64.4 Å². The number of nitrogens with zero attached hydrogens (tertiary/aromatic N) is 3. The number of phenolic OH excluding ortho intramolecular Hbond substituents is 2. The van der Waals surface area contributed by atoms with Crippen molar-refractivity contribution in [3.63, 3.8) is 0 Å². The predicted octanol–water partition coefficient (Wildman–Crippen LogP) is 8.05. The van der Waals surface area contributed by atoms with Gasteiger partial charge in [-0.1, -0.05) is 40.5 Å². The van der Waals surface area contributed by atoms with Gasteiger partial charge in [-0.2, -0.15) is 0 Å². The molecule has 4 aromatic rings. The highest BCUT2D eigenvalue weighted by molar-refractivity contribution is 5.79. The van der Waals surface area contributed by atoms with E-state index in [4.69, 9.17) is 18.9 Å². The van der Waals surface area contributed by atoms with Crippen LogP contribution < -0.4 is 18.9 Å². The monoisotopic (exact) mass is 657 g/mol. The van der Waals surface area contributed by atoms with Gasteiger partial charge in [0.2, 0.25) is 0 Å². The third-order valence-electron chi connectivity index (χ3n) is 7.15. The van der Waals surface area contributed by atoms with Crippen molar-refractivity contribution in [2.75, 3.05) is 13.2 Å². The molecule has 1 aromatic heterocycles. The highest BCUT2D eigenvalue weighted by atomic mass is 16.5. The van der Waals surface area contributed by atoms with E-state index in [1.807, 2.05) is 13.8 Å². The van der Waals surface area contributed by atoms with E-state index < -0.39 is 11.9 Å². The van der Waals surface area contributed by atoms with Crippen LogP contribution in [0, 0.1) is 0 Å². The van der Waals surface area contributed by atoms with Gasteiger partial charge in [0.1, 0.15) is 34.5 Å². The second-order valence-corrected chi connectivity index (χ2v) is 11.2. The Bertz CT molecular complexity index is 1630. The molecule has 254 valence electrons. The van der Waals surface area contributed by atoms with Crippen molar-refractivity contribution in [3.05, 3.63) is 54.6 Å². The maximum atomic E-state index is 12.7. The Balaban J connectivity index is 1.85. The number of hydrogen-bond donors (Lipinski definition) is 2. The van der Waals surface area contributed by atoms with Crippen molar-refractivity contribution in [2.45, 2.75) is 79.1 Å². The molecule has 48 heavy (non-hydrogen) atoms. The van der Waals surface area contributed by atoms with Crippen LogP contribution in [0.5, 0.6) is 34.5 Å². The third kappa shape index (κ3) is 9.66. The fourth-order valence-corrected chi connectivity index (χ4v) is 4.59. The lowest BCUT2D eigenvalue weighted by Crippen LogP contribution is -2.10. The molecule has 4 rings (SSSR count). The lowest BCUT2D eigenvalue weighted by molar-refractivity contribution is -0.134. The number of carbonyl (C=O) groups is 2. The first kappa shape index (κ1) is 35.7. The van der Waals surface area contributed by atoms with Crippen LogP contribution in [0.25, 0.3) is 34.2 Å². The molecule has 11 heteroatoms. The van der Waals surface area contributed by atoms with Crippen LogP contribution in [0.2, 0.25) is 0 Å². The van der Waals surface area contributed by atoms with Gasteiger partial charge in [-0.05, 0) is 62.1 Å². The number of aromatic nitrogens is 3. The summed E-state index contributed by atoms with van der Waals surface area (Å²) >= 11 is 0. The van der Waals surface area contributed by atoms with Crippen LogP contribution in [0.15, 0.2) is 54.6 Å². The first-order chi connectivity index (χ1) is 23.3. The average Bonchev–Trinajstić information content (AvgIpc) is 3.05. The van der Waals surface area contributed by atoms with Gasteiger partial charge in [0.25, 0.3) is 0 Å². The molecule has 0 aliphatic carbocycles. The van der Waals surface area contributed by atoms with Gasteiger partial charge >= 0.3 is 11.9 Å². The van der Waals surface area contributed by atoms with Gasteiger partial charge in [-0.25, -0.2) is 15.0 Å². The summed E-state index contributed by atoms with van der Waals surface area (Å²) < 4.78 is 22.7. The van der Waals surface area contributed by atoms with E-state index in [0.717, 1.165) is 25.7 Å². The zero-order valence-corrected chi connectivity index (χ0v) is 28.0. The number of carbonyl (C=O) groups excluding carboxylic acids is 2. The van der Waals surface area contributed by atoms with E-state index in [1.165, 1.54) is 18.2 Å². The molecule has 0 bridgehead atoms. The summed E-state index contributed by atoms with van der Waals surface area (Å²) in [4.78, 5) is 38.9. The number of aromatic hydroxyl groups is 2. The molecule has 0 radical (unpaired) electrons. The SMILES string of the molecule is CCCCOc1ccc(-c2nc(-c3ccc(OCCCC)cc3O)nc(-c3ccc(OC(=O)CCC)cc3OC(=O)CCC)n2)c(O)c1. The van der Waals surface area contributed by atoms with Crippen LogP contribution in [-0.2, 0) is 9.59 Å². The molecule has 0 spiro atoms. The van der Waals surface area contributed by atoms with Gasteiger partial charge < -0.3 is 29.2 Å². The van der Waals surface area contributed by atoms with Gasteiger partial charge in [0.15, 0.2) is 17.5 Å². The molecule has 0 aliphatic rings. The fraction of sp³-hybridized carbons (Fsp3) is 0.378. The summed E-state index contributed by atoms with van der Waals surface area (Å²) in [6.07, 6.45) is 5.25. The summed E-state index contributed by atoms with van der Waals surface area (Å²) in [6.45, 7) is 8.87. The van der Waals surface area contributed by atoms with Gasteiger partial charge in [-0.3, -0.25) is 9.59 Å². The highest BCUT2D eigenvalue weighted by Crippen LogP contribution is 2.38. The minimum absolute atomic E-state index is 0.0751. The largest absolute Gasteiger partial charge is 0.507 e. The predicted molar refractivity (Wildman–Crippen MR) is 181 cm³/mol. The number of ether oxygens (including phenoxy) is 4. The summed E-state index contributed by atoms with van der Waals surface area (Å²) in [5, 5.41) is 22.1. The van der Waals surface area contributed by atoms with Crippen LogP contribution in [0.4, 0.5) is 0 Å². The lowest BCUT2D eigenvalue weighted by atomic mass is 10.1. The van der Waals surface area contributed by atoms with Crippen LogP contribution >= 0.6 is 0 Å². The van der Waals surface area contributed by atoms with Crippen molar-refractivity contribution >= 4 is 11.9 Å². The number of unbranched alkanes of at least 4 members (excludes halogenated alkanes) is 2. The van der Waals surface area contributed by atoms with E-state index in [0.29, 0.717) is 43.1 Å². The maximum absolute atomic E-state index is 12.7. The molecular formula is C37H43N3O8. The Kier molecular flexibility index (Phi) is 13.1. The Morgan fingerprint density at radius 2 is 1.00 bits per heavy atom. The molecule has 1 heterocycles. The van der Waals surface area contributed by atoms with Crippen molar-refractivity contribution in [2.24, 2.45) is 0 Å². The number of benzene rings is 3. The van der Waals surface area contributed by atoms with E-state index in [1.54, 1.807) is 36.4 Å². The number of esters is 2. The minimum Gasteiger partial charge on any atom is -0.507 e. The summed E-state index contributed by atoms with van der Waals surface area (Å²) in [6, 6.07) is 14.3. The molecule has 0 aliphatic heterocycles. The topological polar surface area (TPSA) is 150 Å². The normalized spacial score (nSPS) is 10.8. The highest BCUT2D eigenvalue weighted by Gasteiger charge is 2.21. The molecule has 0 unspecified atom stereocenters. The summed E-state index contributed by atoms with van der Waals surface area (Å²) in [5.41, 5.74) is 0.880. The first-order valence-corrected chi connectivity index (χ1v) is 16.5. The Hall–Kier alpha value is -5.19. The minimum atomic E-state index is -0.488. The van der Waals surface area contributed by atoms with Gasteiger partial charge in [-0.15, -0.1) is 0 Å². The Morgan fingerprint density at radius 1 is 0.562 bits per heavy atom. The Morgan fingerprint density at radius 3 is 1.46 bits per heavy atom. The average molecular weight is 658 g/mol. The van der Waals surface area contributed by atoms with E-state index in [9.17, 15) is 19.8 Å². The van der Waals surface area contributed by atoms with E-state index >= 15 is 0 Å². The second kappa shape index (κ2) is 17.7. The third-order valence-corrected chi connectivity index (χ3v) is 7.15. The summed E-state index contributed by atoms with van der Waals surface area (Å²) in [7, 11) is 0. The smallest absolute Gasteiger partial charge is 0.311 e. The quantitative estimate of drug-likeness (QED) is 0.0645. The number of phenols is 2. The lowest BCUT2D eigenvalue weighted by Gasteiger charge is -2.14. The second-order valence-electron chi connectivity index (χ2n) is 11.2. The molecular weight excluding hydrogens is 614 g/mol. The summed E-state index contributed by atoms with van der Waals surface area (Å²) in [5.74, 6) is 0.388. The molecule has 0 saturated carbocycles. The van der Waals surface area contributed by atoms with Crippen LogP contribution in [-0.4, -0.2) is 50.3 Å². The first-order valence-electron chi connectivity index (χ1n) is 16.5. The van der Waals surface area contributed by atoms with Crippen molar-refractivity contribution < 1.29 is 38.7 Å². The van der Waals surface area contributed by atoms with Crippen molar-refractivity contribution in [1.29, 1.82) is 0 Å². The molecule has 11 nitrogen and oxygen atoms in total. The van der Waals surface area contributed by atoms with Crippen LogP contribution in [0.1, 0.15) is 79.1 Å². The van der Waals surface area contributed by atoms with Crippen molar-refractivity contribution in [1.82, 2.24) is 15.0 Å². The molecule has 0 fully saturated rings. The molecule has 3 aromatic carbocycles. The van der Waals surface area contributed by atoms with Crippen LogP contribution in [0.3, 0.4) is 0 Å². The molecule has 0 atom stereocenters. The number of hydrogen-bond acceptors (Lipinski definition) is 11. The van der Waals surface area contributed by atoms with Gasteiger partial charge in [0, 0.05) is 31.0 Å². The zero-order chi connectivity index (χ0) is 34.5. The fourth-order valence-electron chi connectivity index (χ4n) is 4.59. The molecule has 0 saturated heterocycles. The molecule has 2 N–H and O–H groups in total. The molecule has 0 amide bonds. The van der Waals surface area contributed by atoms with E-state index in [2.05, 4.69) is 28.8 Å². The maximum Gasteiger partial charge on any atom is 0.311 e. The van der Waals surface area contributed by atoms with Crippen molar-refractivity contribution in [3.8, 4) is 68.7 Å².